The molecule has 3 atom stereocenters. The Kier molecular flexibility index (Phi) is 4.54. The normalized spacial score (nSPS) is 28.8. The van der Waals surface area contributed by atoms with Crippen LogP contribution in [0.1, 0.15) is 59.8 Å². The minimum absolute atomic E-state index is 0.0747. The predicted molar refractivity (Wildman–Crippen MR) is 66.2 cm³/mol. The number of Topliss-reactive ketones (excluding diaryl/α,β-unsaturated/α-hetero) is 1. The maximum Gasteiger partial charge on any atom is 0.164 e. The van der Waals surface area contributed by atoms with Crippen molar-refractivity contribution in [2.24, 2.45) is 17.3 Å². The maximum atomic E-state index is 12.2. The summed E-state index contributed by atoms with van der Waals surface area (Å²) in [4.78, 5) is 12.2. The van der Waals surface area contributed by atoms with Crippen LogP contribution in [-0.4, -0.2) is 17.0 Å². The molecule has 2 heteroatoms. The first-order valence-electron chi connectivity index (χ1n) is 6.58. The van der Waals surface area contributed by atoms with Crippen LogP contribution in [0.4, 0.5) is 0 Å². The fourth-order valence-electron chi connectivity index (χ4n) is 2.57. The first kappa shape index (κ1) is 13.7. The molecular weight excluding hydrogens is 200 g/mol. The summed E-state index contributed by atoms with van der Waals surface area (Å²) in [6.07, 6.45) is 4.73. The molecule has 1 aliphatic rings. The highest BCUT2D eigenvalue weighted by molar-refractivity contribution is 5.85. The molecule has 0 aliphatic heterocycles. The molecule has 0 bridgehead atoms. The Morgan fingerprint density at radius 2 is 2.00 bits per heavy atom. The van der Waals surface area contributed by atoms with E-state index in [0.717, 1.165) is 25.7 Å². The molecule has 0 saturated heterocycles. The predicted octanol–water partition coefficient (Wildman–Crippen LogP) is 3.18. The lowest BCUT2D eigenvalue weighted by Gasteiger charge is -2.32. The molecule has 0 spiro atoms. The Morgan fingerprint density at radius 1 is 1.38 bits per heavy atom. The summed E-state index contributed by atoms with van der Waals surface area (Å²) >= 11 is 0. The molecule has 0 amide bonds. The fourth-order valence-corrected chi connectivity index (χ4v) is 2.57. The first-order valence-corrected chi connectivity index (χ1v) is 6.58. The zero-order chi connectivity index (χ0) is 12.3. The second-order valence-corrected chi connectivity index (χ2v) is 6.31. The van der Waals surface area contributed by atoms with Crippen LogP contribution in [0.15, 0.2) is 0 Å². The summed E-state index contributed by atoms with van der Waals surface area (Å²) in [6.45, 7) is 7.97. The Balaban J connectivity index is 2.60. The second kappa shape index (κ2) is 5.31. The number of aliphatic hydroxyl groups excluding tert-OH is 1. The van der Waals surface area contributed by atoms with Crippen molar-refractivity contribution < 1.29 is 9.90 Å². The SMILES string of the molecule is CCC1CCCC(C(=O)C(O)C(C)(C)C)C1. The van der Waals surface area contributed by atoms with E-state index in [1.165, 1.54) is 6.42 Å². The number of aliphatic hydroxyl groups is 1. The molecule has 0 aromatic heterocycles. The van der Waals surface area contributed by atoms with Crippen LogP contribution in [-0.2, 0) is 4.79 Å². The summed E-state index contributed by atoms with van der Waals surface area (Å²) in [5, 5.41) is 10.0. The van der Waals surface area contributed by atoms with Gasteiger partial charge >= 0.3 is 0 Å². The topological polar surface area (TPSA) is 37.3 Å². The Morgan fingerprint density at radius 3 is 2.50 bits per heavy atom. The average molecular weight is 226 g/mol. The quantitative estimate of drug-likeness (QED) is 0.802. The molecule has 0 aromatic rings. The van der Waals surface area contributed by atoms with Crippen molar-refractivity contribution in [2.45, 2.75) is 65.9 Å². The van der Waals surface area contributed by atoms with E-state index in [4.69, 9.17) is 0 Å². The van der Waals surface area contributed by atoms with Crippen LogP contribution in [0.3, 0.4) is 0 Å². The molecule has 1 N–H and O–H groups in total. The third-order valence-corrected chi connectivity index (χ3v) is 3.85. The van der Waals surface area contributed by atoms with Crippen LogP contribution >= 0.6 is 0 Å². The molecule has 3 unspecified atom stereocenters. The highest BCUT2D eigenvalue weighted by Gasteiger charge is 2.35. The van der Waals surface area contributed by atoms with Gasteiger partial charge in [0.2, 0.25) is 0 Å². The zero-order valence-electron chi connectivity index (χ0n) is 11.1. The molecule has 1 rings (SSSR count). The van der Waals surface area contributed by atoms with Gasteiger partial charge in [-0.2, -0.15) is 0 Å². The molecule has 0 heterocycles. The summed E-state index contributed by atoms with van der Waals surface area (Å²) in [5.74, 6) is 0.869. The number of carbonyl (C=O) groups excluding carboxylic acids is 1. The molecule has 1 fully saturated rings. The van der Waals surface area contributed by atoms with Gasteiger partial charge < -0.3 is 5.11 Å². The third kappa shape index (κ3) is 3.31. The van der Waals surface area contributed by atoms with Crippen molar-refractivity contribution >= 4 is 5.78 Å². The number of ketones is 1. The van der Waals surface area contributed by atoms with Crippen LogP contribution in [0.2, 0.25) is 0 Å². The van der Waals surface area contributed by atoms with Crippen LogP contribution in [0, 0.1) is 17.3 Å². The van der Waals surface area contributed by atoms with Gasteiger partial charge in [0.15, 0.2) is 5.78 Å². The van der Waals surface area contributed by atoms with E-state index < -0.39 is 6.10 Å². The average Bonchev–Trinajstić information content (AvgIpc) is 2.26. The molecule has 2 nitrogen and oxygen atoms in total. The van der Waals surface area contributed by atoms with E-state index in [1.807, 2.05) is 20.8 Å². The van der Waals surface area contributed by atoms with E-state index in [2.05, 4.69) is 6.92 Å². The molecule has 1 aliphatic carbocycles. The van der Waals surface area contributed by atoms with Gasteiger partial charge in [0.1, 0.15) is 6.10 Å². The molecule has 16 heavy (non-hydrogen) atoms. The van der Waals surface area contributed by atoms with Gasteiger partial charge in [-0.15, -0.1) is 0 Å². The summed E-state index contributed by atoms with van der Waals surface area (Å²) in [7, 11) is 0. The van der Waals surface area contributed by atoms with Gasteiger partial charge in [-0.05, 0) is 24.2 Å². The van der Waals surface area contributed by atoms with Crippen molar-refractivity contribution in [1.29, 1.82) is 0 Å². The lowest BCUT2D eigenvalue weighted by molar-refractivity contribution is -0.138. The lowest BCUT2D eigenvalue weighted by atomic mass is 9.74. The highest BCUT2D eigenvalue weighted by Crippen LogP contribution is 2.34. The van der Waals surface area contributed by atoms with E-state index in [1.54, 1.807) is 0 Å². The van der Waals surface area contributed by atoms with Crippen molar-refractivity contribution in [2.75, 3.05) is 0 Å². The Hall–Kier alpha value is -0.370. The molecule has 0 radical (unpaired) electrons. The van der Waals surface area contributed by atoms with Crippen LogP contribution < -0.4 is 0 Å². The van der Waals surface area contributed by atoms with Crippen molar-refractivity contribution in [1.82, 2.24) is 0 Å². The fraction of sp³-hybridized carbons (Fsp3) is 0.929. The van der Waals surface area contributed by atoms with E-state index >= 15 is 0 Å². The number of rotatable bonds is 3. The minimum Gasteiger partial charge on any atom is -0.385 e. The van der Waals surface area contributed by atoms with Gasteiger partial charge in [-0.25, -0.2) is 0 Å². The van der Waals surface area contributed by atoms with E-state index in [-0.39, 0.29) is 17.1 Å². The summed E-state index contributed by atoms with van der Waals surface area (Å²) in [6, 6.07) is 0. The van der Waals surface area contributed by atoms with Gasteiger partial charge in [-0.1, -0.05) is 47.0 Å². The second-order valence-electron chi connectivity index (χ2n) is 6.31. The van der Waals surface area contributed by atoms with Gasteiger partial charge in [0, 0.05) is 5.92 Å². The molecule has 94 valence electrons. The Bertz CT molecular complexity index is 240. The first-order chi connectivity index (χ1) is 7.36. The summed E-state index contributed by atoms with van der Waals surface area (Å²) < 4.78 is 0. The maximum absolute atomic E-state index is 12.2. The molecule has 0 aromatic carbocycles. The molecule has 1 saturated carbocycles. The standard InChI is InChI=1S/C14H26O2/c1-5-10-7-6-8-11(9-10)12(15)13(16)14(2,3)4/h10-11,13,16H,5-9H2,1-4H3. The summed E-state index contributed by atoms with van der Waals surface area (Å²) in [5.41, 5.74) is -0.323. The Labute approximate surface area is 99.4 Å². The number of hydrogen-bond donors (Lipinski definition) is 1. The minimum atomic E-state index is -0.798. The number of carbonyl (C=O) groups is 1. The van der Waals surface area contributed by atoms with E-state index in [9.17, 15) is 9.90 Å². The monoisotopic (exact) mass is 226 g/mol. The van der Waals surface area contributed by atoms with Gasteiger partial charge in [-0.3, -0.25) is 4.79 Å². The third-order valence-electron chi connectivity index (χ3n) is 3.85. The largest absolute Gasteiger partial charge is 0.385 e. The van der Waals surface area contributed by atoms with Crippen LogP contribution in [0.25, 0.3) is 0 Å². The van der Waals surface area contributed by atoms with E-state index in [0.29, 0.717) is 5.92 Å². The highest BCUT2D eigenvalue weighted by atomic mass is 16.3. The van der Waals surface area contributed by atoms with Crippen molar-refractivity contribution in [3.63, 3.8) is 0 Å². The van der Waals surface area contributed by atoms with Gasteiger partial charge in [0.25, 0.3) is 0 Å². The smallest absolute Gasteiger partial charge is 0.164 e. The zero-order valence-corrected chi connectivity index (χ0v) is 11.1. The lowest BCUT2D eigenvalue weighted by Crippen LogP contribution is -2.39. The molecular formula is C14H26O2. The van der Waals surface area contributed by atoms with Crippen molar-refractivity contribution in [3.05, 3.63) is 0 Å². The van der Waals surface area contributed by atoms with Gasteiger partial charge in [0.05, 0.1) is 0 Å². The van der Waals surface area contributed by atoms with Crippen LogP contribution in [0.5, 0.6) is 0 Å². The van der Waals surface area contributed by atoms with Crippen molar-refractivity contribution in [3.8, 4) is 0 Å². The number of hydrogen-bond acceptors (Lipinski definition) is 2.